The van der Waals surface area contributed by atoms with Crippen LogP contribution in [0.4, 0.5) is 17.1 Å². The van der Waals surface area contributed by atoms with Crippen LogP contribution < -0.4 is 4.90 Å². The van der Waals surface area contributed by atoms with Gasteiger partial charge in [-0.2, -0.15) is 10.5 Å². The van der Waals surface area contributed by atoms with Gasteiger partial charge < -0.3 is 13.7 Å². The number of para-hydroxylation sites is 4. The van der Waals surface area contributed by atoms with E-state index in [0.29, 0.717) is 11.1 Å². The molecule has 8 aromatic rings. The fourth-order valence-corrected chi connectivity index (χ4v) is 5.94. The Balaban J connectivity index is 1.36. The molecule has 0 radical (unpaired) electrons. The molecule has 5 heteroatoms. The molecular formula is C38H21N3O2. The van der Waals surface area contributed by atoms with Gasteiger partial charge in [-0.1, -0.05) is 78.9 Å². The van der Waals surface area contributed by atoms with Crippen LogP contribution in [-0.2, 0) is 0 Å². The molecule has 0 unspecified atom stereocenters. The Kier molecular flexibility index (Phi) is 5.50. The zero-order valence-corrected chi connectivity index (χ0v) is 22.8. The standard InChI is InChI=1S/C38H21N3O2/c39-22-26-16-15-25(21-27(26)23-40)24-17-19-28(20-18-24)41(33-11-5-9-31-29-7-1-3-13-35(29)42-37(31)33)34-12-6-10-32-30-8-2-4-14-36(30)43-38(32)34/h1-21H. The van der Waals surface area contributed by atoms with Crippen molar-refractivity contribution in [3.63, 3.8) is 0 Å². The third-order valence-corrected chi connectivity index (χ3v) is 7.97. The second-order valence-electron chi connectivity index (χ2n) is 10.4. The first kappa shape index (κ1) is 24.5. The first-order valence-corrected chi connectivity index (χ1v) is 13.9. The summed E-state index contributed by atoms with van der Waals surface area (Å²) in [6.07, 6.45) is 0. The molecule has 5 nitrogen and oxygen atoms in total. The number of anilines is 3. The SMILES string of the molecule is N#Cc1ccc(-c2ccc(N(c3cccc4c3oc3ccccc34)c3cccc4c3oc3ccccc34)cc2)cc1C#N. The maximum Gasteiger partial charge on any atom is 0.159 e. The number of hydrogen-bond acceptors (Lipinski definition) is 5. The van der Waals surface area contributed by atoms with Crippen molar-refractivity contribution in [3.05, 3.63) is 139 Å². The van der Waals surface area contributed by atoms with Crippen molar-refractivity contribution in [1.82, 2.24) is 0 Å². The van der Waals surface area contributed by atoms with Gasteiger partial charge in [0.05, 0.1) is 22.5 Å². The smallest absolute Gasteiger partial charge is 0.159 e. The van der Waals surface area contributed by atoms with Crippen LogP contribution in [0.2, 0.25) is 0 Å². The van der Waals surface area contributed by atoms with Crippen molar-refractivity contribution in [3.8, 4) is 23.3 Å². The topological polar surface area (TPSA) is 77.1 Å². The molecule has 2 heterocycles. The summed E-state index contributed by atoms with van der Waals surface area (Å²) in [7, 11) is 0. The van der Waals surface area contributed by atoms with Gasteiger partial charge in [-0.05, 0) is 59.7 Å². The van der Waals surface area contributed by atoms with Gasteiger partial charge in [-0.25, -0.2) is 0 Å². The lowest BCUT2D eigenvalue weighted by atomic mass is 9.99. The molecular weight excluding hydrogens is 530 g/mol. The summed E-state index contributed by atoms with van der Waals surface area (Å²) >= 11 is 0. The maximum absolute atomic E-state index is 9.54. The van der Waals surface area contributed by atoms with Crippen LogP contribution in [0.5, 0.6) is 0 Å². The Morgan fingerprint density at radius 1 is 0.465 bits per heavy atom. The number of nitriles is 2. The molecule has 0 amide bonds. The van der Waals surface area contributed by atoms with E-state index in [1.54, 1.807) is 12.1 Å². The zero-order valence-electron chi connectivity index (χ0n) is 22.8. The molecule has 200 valence electrons. The minimum Gasteiger partial charge on any atom is -0.454 e. The maximum atomic E-state index is 9.54. The Morgan fingerprint density at radius 3 is 1.53 bits per heavy atom. The van der Waals surface area contributed by atoms with Gasteiger partial charge in [0, 0.05) is 27.2 Å². The van der Waals surface area contributed by atoms with Gasteiger partial charge in [0.1, 0.15) is 23.3 Å². The van der Waals surface area contributed by atoms with Crippen LogP contribution in [0.15, 0.2) is 136 Å². The van der Waals surface area contributed by atoms with Crippen molar-refractivity contribution in [2.24, 2.45) is 0 Å². The summed E-state index contributed by atoms with van der Waals surface area (Å²) in [4.78, 5) is 2.18. The predicted molar refractivity (Wildman–Crippen MR) is 171 cm³/mol. The van der Waals surface area contributed by atoms with Crippen molar-refractivity contribution in [2.45, 2.75) is 0 Å². The summed E-state index contributed by atoms with van der Waals surface area (Å²) < 4.78 is 13.0. The molecule has 0 N–H and O–H groups in total. The van der Waals surface area contributed by atoms with Gasteiger partial charge in [-0.3, -0.25) is 0 Å². The quantitative estimate of drug-likeness (QED) is 0.217. The summed E-state index contributed by atoms with van der Waals surface area (Å²) in [5.74, 6) is 0. The molecule has 2 aromatic heterocycles. The average Bonchev–Trinajstić information content (AvgIpc) is 3.64. The van der Waals surface area contributed by atoms with E-state index in [1.807, 2.05) is 54.6 Å². The molecule has 0 saturated carbocycles. The first-order chi connectivity index (χ1) is 21.2. The van der Waals surface area contributed by atoms with E-state index in [-0.39, 0.29) is 0 Å². The zero-order chi connectivity index (χ0) is 28.9. The van der Waals surface area contributed by atoms with Crippen LogP contribution >= 0.6 is 0 Å². The van der Waals surface area contributed by atoms with Crippen molar-refractivity contribution < 1.29 is 8.83 Å². The summed E-state index contributed by atoms with van der Waals surface area (Å²) in [5.41, 5.74) is 8.45. The number of nitrogens with zero attached hydrogens (tertiary/aromatic N) is 3. The van der Waals surface area contributed by atoms with Crippen LogP contribution in [0.1, 0.15) is 11.1 Å². The molecule has 0 saturated heterocycles. The molecule has 6 aromatic carbocycles. The number of rotatable bonds is 4. The normalized spacial score (nSPS) is 11.2. The number of furan rings is 2. The third kappa shape index (κ3) is 3.84. The van der Waals surface area contributed by atoms with Gasteiger partial charge >= 0.3 is 0 Å². The fourth-order valence-electron chi connectivity index (χ4n) is 5.94. The van der Waals surface area contributed by atoms with Crippen LogP contribution in [0, 0.1) is 22.7 Å². The van der Waals surface area contributed by atoms with Crippen molar-refractivity contribution in [2.75, 3.05) is 4.90 Å². The van der Waals surface area contributed by atoms with Crippen LogP contribution in [-0.4, -0.2) is 0 Å². The highest BCUT2D eigenvalue weighted by Crippen LogP contribution is 2.46. The highest BCUT2D eigenvalue weighted by Gasteiger charge is 2.23. The molecule has 0 aliphatic heterocycles. The Hall–Kier alpha value is -6.30. The highest BCUT2D eigenvalue weighted by atomic mass is 16.3. The summed E-state index contributed by atoms with van der Waals surface area (Å²) in [6, 6.07) is 46.3. The summed E-state index contributed by atoms with van der Waals surface area (Å²) in [6.45, 7) is 0. The van der Waals surface area contributed by atoms with Gasteiger partial charge in [0.15, 0.2) is 11.2 Å². The lowest BCUT2D eigenvalue weighted by Gasteiger charge is -2.25. The lowest BCUT2D eigenvalue weighted by Crippen LogP contribution is -2.10. The molecule has 0 aliphatic rings. The molecule has 8 rings (SSSR count). The number of fused-ring (bicyclic) bond motifs is 6. The number of hydrogen-bond donors (Lipinski definition) is 0. The summed E-state index contributed by atoms with van der Waals surface area (Å²) in [5, 5.41) is 23.1. The number of benzene rings is 6. The van der Waals surface area contributed by atoms with Crippen LogP contribution in [0.25, 0.3) is 55.0 Å². The lowest BCUT2D eigenvalue weighted by molar-refractivity contribution is 0.666. The largest absolute Gasteiger partial charge is 0.454 e. The van der Waals surface area contributed by atoms with E-state index < -0.39 is 0 Å². The van der Waals surface area contributed by atoms with E-state index in [1.165, 1.54) is 0 Å². The molecule has 0 spiro atoms. The van der Waals surface area contributed by atoms with Crippen molar-refractivity contribution in [1.29, 1.82) is 10.5 Å². The van der Waals surface area contributed by atoms with E-state index in [9.17, 15) is 10.5 Å². The van der Waals surface area contributed by atoms with E-state index >= 15 is 0 Å². The van der Waals surface area contributed by atoms with Gasteiger partial charge in [-0.15, -0.1) is 0 Å². The van der Waals surface area contributed by atoms with E-state index in [4.69, 9.17) is 8.83 Å². The molecule has 0 atom stereocenters. The molecule has 0 fully saturated rings. The molecule has 0 aliphatic carbocycles. The Bertz CT molecular complexity index is 2320. The minimum absolute atomic E-state index is 0.360. The second-order valence-corrected chi connectivity index (χ2v) is 10.4. The second kappa shape index (κ2) is 9.66. The van der Waals surface area contributed by atoms with Crippen molar-refractivity contribution >= 4 is 60.9 Å². The Labute approximate surface area is 246 Å². The minimum atomic E-state index is 0.360. The first-order valence-electron chi connectivity index (χ1n) is 13.9. The molecule has 43 heavy (non-hydrogen) atoms. The third-order valence-electron chi connectivity index (χ3n) is 7.97. The average molecular weight is 552 g/mol. The Morgan fingerprint density at radius 2 is 0.977 bits per heavy atom. The van der Waals surface area contributed by atoms with Crippen LogP contribution in [0.3, 0.4) is 0 Å². The predicted octanol–water partition coefficient (Wildman–Crippen LogP) is 10.4. The molecule has 0 bridgehead atoms. The van der Waals surface area contributed by atoms with E-state index in [0.717, 1.165) is 72.1 Å². The monoisotopic (exact) mass is 551 g/mol. The highest BCUT2D eigenvalue weighted by molar-refractivity contribution is 6.13. The fraction of sp³-hybridized carbons (Fsp3) is 0. The van der Waals surface area contributed by atoms with Gasteiger partial charge in [0.2, 0.25) is 0 Å². The van der Waals surface area contributed by atoms with Gasteiger partial charge in [0.25, 0.3) is 0 Å². The van der Waals surface area contributed by atoms with E-state index in [2.05, 4.69) is 77.7 Å².